The van der Waals surface area contributed by atoms with Gasteiger partial charge in [0.2, 0.25) is 0 Å². The molecule has 1 aliphatic rings. The van der Waals surface area contributed by atoms with Gasteiger partial charge in [0.05, 0.1) is 23.2 Å². The Morgan fingerprint density at radius 2 is 1.82 bits per heavy atom. The van der Waals surface area contributed by atoms with E-state index in [0.29, 0.717) is 57.1 Å². The van der Waals surface area contributed by atoms with Crippen molar-refractivity contribution in [3.8, 4) is 5.75 Å². The number of benzene rings is 3. The predicted octanol–water partition coefficient (Wildman–Crippen LogP) is 5.64. The molecule has 0 saturated carbocycles. The van der Waals surface area contributed by atoms with E-state index in [-0.39, 0.29) is 5.91 Å². The molecular formula is C28H26Cl2N4O3S. The fourth-order valence-electron chi connectivity index (χ4n) is 4.47. The third kappa shape index (κ3) is 5.78. The number of anilines is 1. The molecule has 1 amide bonds. The van der Waals surface area contributed by atoms with E-state index < -0.39 is 11.0 Å². The van der Waals surface area contributed by atoms with Crippen molar-refractivity contribution < 1.29 is 13.7 Å². The summed E-state index contributed by atoms with van der Waals surface area (Å²) in [6.45, 7) is 3.38. The van der Waals surface area contributed by atoms with E-state index in [4.69, 9.17) is 27.9 Å². The number of ether oxygens (including phenoxy) is 1. The molecule has 196 valence electrons. The van der Waals surface area contributed by atoms with Crippen molar-refractivity contribution in [2.24, 2.45) is 0 Å². The van der Waals surface area contributed by atoms with Crippen LogP contribution in [0.25, 0.3) is 10.9 Å². The number of para-hydroxylation sites is 1. The number of methoxy groups -OCH3 is 1. The zero-order chi connectivity index (χ0) is 26.6. The standard InChI is InChI=1S/C28H26Cl2N4O3S/c1-37-25-16-20(8-10-24(25)32-38(36)26-6-2-4-19-5-3-11-31-27(19)26)28(35)34-14-12-33(13-15-34)18-21-7-9-22(29)17-23(21)30/h2-11,16-17,32H,12-15,18H2,1H3. The number of carbonyl (C=O) groups is 1. The lowest BCUT2D eigenvalue weighted by Gasteiger charge is -2.35. The lowest BCUT2D eigenvalue weighted by Crippen LogP contribution is -2.48. The molecule has 2 heterocycles. The number of carbonyl (C=O) groups excluding carboxylic acids is 1. The van der Waals surface area contributed by atoms with Gasteiger partial charge in [0.25, 0.3) is 5.91 Å². The van der Waals surface area contributed by atoms with Gasteiger partial charge in [-0.25, -0.2) is 4.21 Å². The van der Waals surface area contributed by atoms with Gasteiger partial charge >= 0.3 is 0 Å². The van der Waals surface area contributed by atoms with Crippen LogP contribution in [0.3, 0.4) is 0 Å². The second-order valence-corrected chi connectivity index (χ2v) is 10.9. The van der Waals surface area contributed by atoms with Crippen LogP contribution in [0.5, 0.6) is 5.75 Å². The van der Waals surface area contributed by atoms with Crippen molar-refractivity contribution in [1.29, 1.82) is 0 Å². The second-order valence-electron chi connectivity index (χ2n) is 8.92. The van der Waals surface area contributed by atoms with Crippen LogP contribution in [-0.4, -0.2) is 58.2 Å². The molecule has 1 N–H and O–H groups in total. The number of pyridine rings is 1. The zero-order valence-corrected chi connectivity index (χ0v) is 23.0. The van der Waals surface area contributed by atoms with E-state index in [0.717, 1.165) is 24.0 Å². The smallest absolute Gasteiger partial charge is 0.254 e. The van der Waals surface area contributed by atoms with Crippen molar-refractivity contribution in [2.45, 2.75) is 11.4 Å². The topological polar surface area (TPSA) is 74.8 Å². The summed E-state index contributed by atoms with van der Waals surface area (Å²) < 4.78 is 21.7. The first-order valence-corrected chi connectivity index (χ1v) is 14.0. The largest absolute Gasteiger partial charge is 0.495 e. The number of rotatable bonds is 7. The Balaban J connectivity index is 1.24. The van der Waals surface area contributed by atoms with Crippen molar-refractivity contribution >= 4 is 56.7 Å². The minimum Gasteiger partial charge on any atom is -0.495 e. The Hall–Kier alpha value is -3.17. The summed E-state index contributed by atoms with van der Waals surface area (Å²) in [6, 6.07) is 20.0. The van der Waals surface area contributed by atoms with Gasteiger partial charge in [-0.3, -0.25) is 19.4 Å². The van der Waals surface area contributed by atoms with Gasteiger partial charge in [-0.2, -0.15) is 0 Å². The highest BCUT2D eigenvalue weighted by molar-refractivity contribution is 7.86. The number of fused-ring (bicyclic) bond motifs is 1. The number of aromatic nitrogens is 1. The molecular weight excluding hydrogens is 543 g/mol. The normalized spacial score (nSPS) is 14.9. The van der Waals surface area contributed by atoms with Gasteiger partial charge in [-0.15, -0.1) is 0 Å². The molecule has 7 nitrogen and oxygen atoms in total. The number of hydrogen-bond acceptors (Lipinski definition) is 5. The molecule has 3 aromatic carbocycles. The fraction of sp³-hybridized carbons (Fsp3) is 0.214. The highest BCUT2D eigenvalue weighted by Gasteiger charge is 2.24. The predicted molar refractivity (Wildman–Crippen MR) is 152 cm³/mol. The Morgan fingerprint density at radius 1 is 1.03 bits per heavy atom. The first-order valence-electron chi connectivity index (χ1n) is 12.1. The first-order chi connectivity index (χ1) is 18.4. The maximum atomic E-state index is 13.3. The van der Waals surface area contributed by atoms with Crippen LogP contribution in [0.1, 0.15) is 15.9 Å². The fourth-order valence-corrected chi connectivity index (χ4v) is 5.97. The molecule has 1 fully saturated rings. The molecule has 1 unspecified atom stereocenters. The van der Waals surface area contributed by atoms with Crippen LogP contribution in [0, 0.1) is 0 Å². The molecule has 0 bridgehead atoms. The van der Waals surface area contributed by atoms with Crippen LogP contribution in [0.15, 0.2) is 77.8 Å². The summed E-state index contributed by atoms with van der Waals surface area (Å²) in [5, 5.41) is 2.17. The number of nitrogens with one attached hydrogen (secondary N) is 1. The van der Waals surface area contributed by atoms with E-state index in [1.807, 2.05) is 41.3 Å². The Morgan fingerprint density at radius 3 is 2.58 bits per heavy atom. The van der Waals surface area contributed by atoms with Gasteiger partial charge in [0, 0.05) is 59.9 Å². The van der Waals surface area contributed by atoms with Gasteiger partial charge in [-0.05, 0) is 48.0 Å². The van der Waals surface area contributed by atoms with E-state index in [1.165, 1.54) is 7.11 Å². The summed E-state index contributed by atoms with van der Waals surface area (Å²) in [6.07, 6.45) is 1.68. The molecule has 1 saturated heterocycles. The molecule has 10 heteroatoms. The summed E-state index contributed by atoms with van der Waals surface area (Å²) >= 11 is 12.3. The number of halogens is 2. The lowest BCUT2D eigenvalue weighted by molar-refractivity contribution is 0.0628. The van der Waals surface area contributed by atoms with Gasteiger partial charge in [-0.1, -0.05) is 47.5 Å². The van der Waals surface area contributed by atoms with Gasteiger partial charge < -0.3 is 9.64 Å². The molecule has 0 radical (unpaired) electrons. The Bertz CT molecular complexity index is 1500. The summed E-state index contributed by atoms with van der Waals surface area (Å²) in [5.41, 5.74) is 2.73. The molecule has 0 spiro atoms. The summed E-state index contributed by atoms with van der Waals surface area (Å²) in [7, 11) is -0.0511. The van der Waals surface area contributed by atoms with E-state index >= 15 is 0 Å². The Labute approximate surface area is 233 Å². The molecule has 5 rings (SSSR count). The van der Waals surface area contributed by atoms with Gasteiger partial charge in [0.1, 0.15) is 5.75 Å². The second kappa shape index (κ2) is 11.7. The Kier molecular flexibility index (Phi) is 8.14. The van der Waals surface area contributed by atoms with Gasteiger partial charge in [0.15, 0.2) is 11.0 Å². The minimum atomic E-state index is -1.58. The number of nitrogens with zero attached hydrogens (tertiary/aromatic N) is 3. The maximum absolute atomic E-state index is 13.3. The molecule has 1 aliphatic heterocycles. The molecule has 38 heavy (non-hydrogen) atoms. The van der Waals surface area contributed by atoms with Crippen LogP contribution in [0.4, 0.5) is 5.69 Å². The maximum Gasteiger partial charge on any atom is 0.254 e. The third-order valence-electron chi connectivity index (χ3n) is 6.52. The number of piperazine rings is 1. The molecule has 1 atom stereocenters. The number of amides is 1. The minimum absolute atomic E-state index is 0.0709. The number of hydrogen-bond donors (Lipinski definition) is 1. The first kappa shape index (κ1) is 26.4. The molecule has 0 aliphatic carbocycles. The summed E-state index contributed by atoms with van der Waals surface area (Å²) in [4.78, 5) is 22.3. The van der Waals surface area contributed by atoms with E-state index in [2.05, 4.69) is 14.6 Å². The average Bonchev–Trinajstić information content (AvgIpc) is 2.94. The lowest BCUT2D eigenvalue weighted by atomic mass is 10.1. The quantitative estimate of drug-likeness (QED) is 0.312. The SMILES string of the molecule is COc1cc(C(=O)N2CCN(Cc3ccc(Cl)cc3Cl)CC2)ccc1NS(=O)c1cccc2cccnc12. The van der Waals surface area contributed by atoms with Crippen LogP contribution in [-0.2, 0) is 17.5 Å². The molecule has 1 aromatic heterocycles. The third-order valence-corrected chi connectivity index (χ3v) is 8.24. The van der Waals surface area contributed by atoms with Crippen LogP contribution < -0.4 is 9.46 Å². The van der Waals surface area contributed by atoms with Crippen LogP contribution in [0.2, 0.25) is 10.0 Å². The van der Waals surface area contributed by atoms with E-state index in [1.54, 1.807) is 36.5 Å². The zero-order valence-electron chi connectivity index (χ0n) is 20.7. The van der Waals surface area contributed by atoms with Crippen molar-refractivity contribution in [3.05, 3.63) is 94.1 Å². The van der Waals surface area contributed by atoms with Crippen molar-refractivity contribution in [3.63, 3.8) is 0 Å². The average molecular weight is 570 g/mol. The van der Waals surface area contributed by atoms with Crippen molar-refractivity contribution in [2.75, 3.05) is 38.0 Å². The monoisotopic (exact) mass is 568 g/mol. The molecule has 4 aromatic rings. The van der Waals surface area contributed by atoms with E-state index in [9.17, 15) is 9.00 Å². The summed E-state index contributed by atoms with van der Waals surface area (Å²) in [5.74, 6) is 0.367. The van der Waals surface area contributed by atoms with Crippen LogP contribution >= 0.6 is 23.2 Å². The highest BCUT2D eigenvalue weighted by atomic mass is 35.5. The highest BCUT2D eigenvalue weighted by Crippen LogP contribution is 2.29. The van der Waals surface area contributed by atoms with Crippen molar-refractivity contribution in [1.82, 2.24) is 14.8 Å².